The standard InChI is InChI=1S/C11H12O4/c1-7-6-8(11(13)15-3)4-5-9(14-2)10(7)12/h4-6H,1-3H3. The lowest BCUT2D eigenvalue weighted by Crippen LogP contribution is -2.05. The van der Waals surface area contributed by atoms with Crippen LogP contribution in [0.2, 0.25) is 0 Å². The lowest BCUT2D eigenvalue weighted by Gasteiger charge is -1.94. The molecular weight excluding hydrogens is 196 g/mol. The summed E-state index contributed by atoms with van der Waals surface area (Å²) in [6.07, 6.45) is 0. The van der Waals surface area contributed by atoms with E-state index in [-0.39, 0.29) is 11.2 Å². The van der Waals surface area contributed by atoms with Crippen LogP contribution in [0.3, 0.4) is 0 Å². The Hall–Kier alpha value is -1.84. The first-order valence-corrected chi connectivity index (χ1v) is 4.37. The Morgan fingerprint density at radius 3 is 2.47 bits per heavy atom. The van der Waals surface area contributed by atoms with Crippen molar-refractivity contribution in [2.75, 3.05) is 14.2 Å². The molecule has 0 atom stereocenters. The van der Waals surface area contributed by atoms with Gasteiger partial charge in [0.25, 0.3) is 0 Å². The summed E-state index contributed by atoms with van der Waals surface area (Å²) < 4.78 is 9.45. The Labute approximate surface area is 87.5 Å². The molecule has 0 saturated carbocycles. The molecule has 0 aliphatic carbocycles. The molecule has 15 heavy (non-hydrogen) atoms. The van der Waals surface area contributed by atoms with Gasteiger partial charge in [-0.2, -0.15) is 0 Å². The van der Waals surface area contributed by atoms with Gasteiger partial charge in [-0.3, -0.25) is 4.79 Å². The van der Waals surface area contributed by atoms with Crippen LogP contribution in [0.1, 0.15) is 15.9 Å². The van der Waals surface area contributed by atoms with Crippen LogP contribution in [0, 0.1) is 6.92 Å². The third-order valence-corrected chi connectivity index (χ3v) is 2.01. The number of hydrogen-bond acceptors (Lipinski definition) is 4. The molecule has 4 nitrogen and oxygen atoms in total. The molecule has 0 unspecified atom stereocenters. The van der Waals surface area contributed by atoms with E-state index in [1.165, 1.54) is 32.4 Å². The van der Waals surface area contributed by atoms with Gasteiger partial charge in [0.1, 0.15) is 0 Å². The largest absolute Gasteiger partial charge is 0.493 e. The zero-order valence-electron chi connectivity index (χ0n) is 8.87. The van der Waals surface area contributed by atoms with E-state index < -0.39 is 5.97 Å². The number of hydrogen-bond donors (Lipinski definition) is 0. The molecule has 0 radical (unpaired) electrons. The maximum Gasteiger partial charge on any atom is 0.337 e. The molecule has 1 rings (SSSR count). The van der Waals surface area contributed by atoms with Crippen molar-refractivity contribution in [3.8, 4) is 5.75 Å². The van der Waals surface area contributed by atoms with Gasteiger partial charge in [-0.25, -0.2) is 4.79 Å². The van der Waals surface area contributed by atoms with Crippen molar-refractivity contribution < 1.29 is 14.3 Å². The highest BCUT2D eigenvalue weighted by Gasteiger charge is 2.07. The fourth-order valence-electron chi connectivity index (χ4n) is 1.19. The maximum atomic E-state index is 11.6. The van der Waals surface area contributed by atoms with Crippen molar-refractivity contribution in [1.29, 1.82) is 0 Å². The number of carbonyl (C=O) groups is 1. The molecule has 1 aromatic carbocycles. The summed E-state index contributed by atoms with van der Waals surface area (Å²) in [6, 6.07) is 4.44. The second kappa shape index (κ2) is 4.59. The molecule has 0 amide bonds. The Morgan fingerprint density at radius 2 is 1.93 bits per heavy atom. The molecule has 0 fully saturated rings. The number of rotatable bonds is 2. The minimum absolute atomic E-state index is 0.211. The van der Waals surface area contributed by atoms with Crippen LogP contribution in [-0.2, 0) is 4.74 Å². The van der Waals surface area contributed by atoms with Gasteiger partial charge in [0.05, 0.1) is 19.8 Å². The maximum absolute atomic E-state index is 11.6. The third-order valence-electron chi connectivity index (χ3n) is 2.01. The first-order valence-electron chi connectivity index (χ1n) is 4.37. The summed E-state index contributed by atoms with van der Waals surface area (Å²) in [4.78, 5) is 22.8. The van der Waals surface area contributed by atoms with Crippen molar-refractivity contribution in [2.45, 2.75) is 6.92 Å². The lowest BCUT2D eigenvalue weighted by molar-refractivity contribution is 0.0601. The molecule has 0 spiro atoms. The molecule has 0 saturated heterocycles. The zero-order valence-corrected chi connectivity index (χ0v) is 8.87. The topological polar surface area (TPSA) is 52.6 Å². The summed E-state index contributed by atoms with van der Waals surface area (Å²) in [5.41, 5.74) is 0.542. The molecular formula is C11H12O4. The van der Waals surface area contributed by atoms with E-state index >= 15 is 0 Å². The Balaban J connectivity index is 3.40. The highest BCUT2D eigenvalue weighted by Crippen LogP contribution is 2.07. The van der Waals surface area contributed by atoms with Gasteiger partial charge in [-0.05, 0) is 25.1 Å². The van der Waals surface area contributed by atoms with Gasteiger partial charge in [-0.15, -0.1) is 0 Å². The average molecular weight is 208 g/mol. The van der Waals surface area contributed by atoms with Gasteiger partial charge in [0.15, 0.2) is 5.75 Å². The normalized spacial score (nSPS) is 9.53. The predicted octanol–water partition coefficient (Wildman–Crippen LogP) is 1.15. The van der Waals surface area contributed by atoms with E-state index in [2.05, 4.69) is 4.74 Å². The fourth-order valence-corrected chi connectivity index (χ4v) is 1.19. The monoisotopic (exact) mass is 208 g/mol. The van der Waals surface area contributed by atoms with Crippen molar-refractivity contribution >= 4 is 5.97 Å². The summed E-state index contributed by atoms with van der Waals surface area (Å²) in [5, 5.41) is 0. The third kappa shape index (κ3) is 2.34. The van der Waals surface area contributed by atoms with Crippen LogP contribution < -0.4 is 10.2 Å². The van der Waals surface area contributed by atoms with Crippen LogP contribution in [-0.4, -0.2) is 20.2 Å². The fraction of sp³-hybridized carbons (Fsp3) is 0.273. The van der Waals surface area contributed by atoms with Crippen molar-refractivity contribution in [3.63, 3.8) is 0 Å². The summed E-state index contributed by atoms with van der Waals surface area (Å²) in [5.74, 6) is -0.265. The van der Waals surface area contributed by atoms with Crippen LogP contribution >= 0.6 is 0 Å². The molecule has 80 valence electrons. The number of ether oxygens (including phenoxy) is 2. The molecule has 0 N–H and O–H groups in total. The minimum Gasteiger partial charge on any atom is -0.493 e. The number of methoxy groups -OCH3 is 2. The van der Waals surface area contributed by atoms with Crippen molar-refractivity contribution in [3.05, 3.63) is 39.5 Å². The number of aryl methyl sites for hydroxylation is 1. The van der Waals surface area contributed by atoms with Crippen LogP contribution in [0.4, 0.5) is 0 Å². The van der Waals surface area contributed by atoms with Crippen molar-refractivity contribution in [2.24, 2.45) is 0 Å². The molecule has 1 aromatic rings. The molecule has 4 heteroatoms. The van der Waals surface area contributed by atoms with E-state index in [0.717, 1.165) is 0 Å². The first kappa shape index (κ1) is 11.2. The lowest BCUT2D eigenvalue weighted by atomic mass is 10.2. The molecule has 0 bridgehead atoms. The smallest absolute Gasteiger partial charge is 0.337 e. The van der Waals surface area contributed by atoms with E-state index in [1.54, 1.807) is 6.92 Å². The van der Waals surface area contributed by atoms with E-state index in [1.807, 2.05) is 0 Å². The van der Waals surface area contributed by atoms with E-state index in [4.69, 9.17) is 4.74 Å². The van der Waals surface area contributed by atoms with Gasteiger partial charge in [0.2, 0.25) is 5.43 Å². The van der Waals surface area contributed by atoms with Crippen molar-refractivity contribution in [1.82, 2.24) is 0 Å². The predicted molar refractivity (Wildman–Crippen MR) is 55.3 cm³/mol. The van der Waals surface area contributed by atoms with Gasteiger partial charge >= 0.3 is 5.97 Å². The summed E-state index contributed by atoms with van der Waals surface area (Å²) in [6.45, 7) is 1.62. The molecule has 0 aromatic heterocycles. The van der Waals surface area contributed by atoms with E-state index in [9.17, 15) is 9.59 Å². The zero-order chi connectivity index (χ0) is 11.4. The quantitative estimate of drug-likeness (QED) is 0.684. The summed E-state index contributed by atoms with van der Waals surface area (Å²) in [7, 11) is 2.70. The second-order valence-electron chi connectivity index (χ2n) is 3.01. The Kier molecular flexibility index (Phi) is 3.44. The molecule has 0 aliphatic rings. The minimum atomic E-state index is -0.476. The highest BCUT2D eigenvalue weighted by atomic mass is 16.5. The summed E-state index contributed by atoms with van der Waals surface area (Å²) >= 11 is 0. The SMILES string of the molecule is COC(=O)c1ccc(OC)c(=O)c(C)c1. The second-order valence-corrected chi connectivity index (χ2v) is 3.01. The Morgan fingerprint density at radius 1 is 1.27 bits per heavy atom. The number of esters is 1. The first-order chi connectivity index (χ1) is 7.10. The highest BCUT2D eigenvalue weighted by molar-refractivity contribution is 5.89. The van der Waals surface area contributed by atoms with Gasteiger partial charge in [-0.1, -0.05) is 0 Å². The van der Waals surface area contributed by atoms with Gasteiger partial charge in [0, 0.05) is 5.56 Å². The van der Waals surface area contributed by atoms with Gasteiger partial charge < -0.3 is 9.47 Å². The molecule has 0 aliphatic heterocycles. The van der Waals surface area contributed by atoms with Crippen LogP contribution in [0.15, 0.2) is 23.0 Å². The van der Waals surface area contributed by atoms with Crippen LogP contribution in [0.5, 0.6) is 5.75 Å². The van der Waals surface area contributed by atoms with Crippen LogP contribution in [0.25, 0.3) is 0 Å². The van der Waals surface area contributed by atoms with E-state index in [0.29, 0.717) is 11.1 Å². The molecule has 0 heterocycles. The number of carbonyl (C=O) groups excluding carboxylic acids is 1. The average Bonchev–Trinajstić information content (AvgIpc) is 2.39. The Bertz CT molecular complexity index is 437.